The first-order chi connectivity index (χ1) is 4.70. The monoisotopic (exact) mass is 140 g/mol. The maximum Gasteiger partial charge on any atom is 0.145 e. The number of carbonyl (C=O) groups excluding carboxylic acids is 1. The zero-order valence-corrected chi connectivity index (χ0v) is 6.89. The van der Waals surface area contributed by atoms with Gasteiger partial charge in [-0.1, -0.05) is 26.8 Å². The molecule has 0 aliphatic rings. The second-order valence-electron chi connectivity index (χ2n) is 2.83. The fourth-order valence-electron chi connectivity index (χ4n) is 0.695. The van der Waals surface area contributed by atoms with E-state index >= 15 is 0 Å². The standard InChI is InChI=1S/C9H16O/c1-4-8(2)5-6-9(3)7-10/h7-8H,3-6H2,1-2H3/t8-/m0/s1. The van der Waals surface area contributed by atoms with Gasteiger partial charge in [-0.05, 0) is 24.3 Å². The molecule has 0 aliphatic carbocycles. The van der Waals surface area contributed by atoms with Crippen molar-refractivity contribution in [3.8, 4) is 0 Å². The van der Waals surface area contributed by atoms with E-state index in [1.807, 2.05) is 0 Å². The van der Waals surface area contributed by atoms with Crippen LogP contribution >= 0.6 is 0 Å². The Morgan fingerprint density at radius 3 is 2.70 bits per heavy atom. The Bertz CT molecular complexity index is 116. The van der Waals surface area contributed by atoms with Gasteiger partial charge in [0.25, 0.3) is 0 Å². The third kappa shape index (κ3) is 4.30. The molecule has 0 radical (unpaired) electrons. The van der Waals surface area contributed by atoms with Crippen LogP contribution < -0.4 is 0 Å². The quantitative estimate of drug-likeness (QED) is 0.423. The molecule has 0 spiro atoms. The molecule has 0 bridgehead atoms. The minimum atomic E-state index is 0.719. The molecular formula is C9H16O. The van der Waals surface area contributed by atoms with E-state index in [1.165, 1.54) is 6.42 Å². The van der Waals surface area contributed by atoms with Gasteiger partial charge in [0, 0.05) is 0 Å². The molecule has 0 unspecified atom stereocenters. The Hall–Kier alpha value is -0.590. The van der Waals surface area contributed by atoms with Crippen molar-refractivity contribution in [2.45, 2.75) is 33.1 Å². The van der Waals surface area contributed by atoms with E-state index in [0.717, 1.165) is 30.6 Å². The van der Waals surface area contributed by atoms with Crippen LogP contribution in [0, 0.1) is 5.92 Å². The first-order valence-corrected chi connectivity index (χ1v) is 3.83. The van der Waals surface area contributed by atoms with Crippen LogP contribution in [0.25, 0.3) is 0 Å². The molecule has 0 aliphatic heterocycles. The molecule has 1 nitrogen and oxygen atoms in total. The first kappa shape index (κ1) is 9.41. The summed E-state index contributed by atoms with van der Waals surface area (Å²) in [4.78, 5) is 10.1. The van der Waals surface area contributed by atoms with Gasteiger partial charge in [0.15, 0.2) is 0 Å². The summed E-state index contributed by atoms with van der Waals surface area (Å²) in [6, 6.07) is 0. The molecule has 0 N–H and O–H groups in total. The van der Waals surface area contributed by atoms with Gasteiger partial charge in [0.05, 0.1) is 0 Å². The van der Waals surface area contributed by atoms with Crippen LogP contribution in [0.15, 0.2) is 12.2 Å². The van der Waals surface area contributed by atoms with Gasteiger partial charge in [-0.3, -0.25) is 4.79 Å². The van der Waals surface area contributed by atoms with Gasteiger partial charge < -0.3 is 0 Å². The molecule has 0 heterocycles. The minimum Gasteiger partial charge on any atom is -0.298 e. The van der Waals surface area contributed by atoms with Crippen molar-refractivity contribution in [3.63, 3.8) is 0 Å². The molecule has 0 amide bonds. The number of hydrogen-bond acceptors (Lipinski definition) is 1. The Morgan fingerprint density at radius 2 is 2.30 bits per heavy atom. The van der Waals surface area contributed by atoms with Crippen LogP contribution in [0.1, 0.15) is 33.1 Å². The molecule has 0 fully saturated rings. The molecular weight excluding hydrogens is 124 g/mol. The number of hydrogen-bond donors (Lipinski definition) is 0. The molecule has 1 atom stereocenters. The maximum absolute atomic E-state index is 10.1. The zero-order chi connectivity index (χ0) is 7.98. The van der Waals surface area contributed by atoms with E-state index in [1.54, 1.807) is 0 Å². The normalized spacial score (nSPS) is 12.6. The van der Waals surface area contributed by atoms with E-state index in [4.69, 9.17) is 0 Å². The lowest BCUT2D eigenvalue weighted by atomic mass is 10.0. The average Bonchev–Trinajstić information content (AvgIpc) is 1.99. The summed E-state index contributed by atoms with van der Waals surface area (Å²) in [7, 11) is 0. The van der Waals surface area contributed by atoms with Gasteiger partial charge in [-0.2, -0.15) is 0 Å². The highest BCUT2D eigenvalue weighted by molar-refractivity contribution is 5.71. The molecule has 10 heavy (non-hydrogen) atoms. The van der Waals surface area contributed by atoms with Gasteiger partial charge in [0.2, 0.25) is 0 Å². The Kier molecular flexibility index (Phi) is 4.91. The van der Waals surface area contributed by atoms with Crippen molar-refractivity contribution in [2.75, 3.05) is 0 Å². The molecule has 0 aromatic rings. The fraction of sp³-hybridized carbons (Fsp3) is 0.667. The molecule has 0 aromatic carbocycles. The van der Waals surface area contributed by atoms with Crippen molar-refractivity contribution in [3.05, 3.63) is 12.2 Å². The SMILES string of the molecule is C=C(C=O)CC[C@@H](C)CC. The van der Waals surface area contributed by atoms with Crippen molar-refractivity contribution in [2.24, 2.45) is 5.92 Å². The summed E-state index contributed by atoms with van der Waals surface area (Å²) < 4.78 is 0. The van der Waals surface area contributed by atoms with E-state index in [2.05, 4.69) is 20.4 Å². The molecule has 0 aromatic heterocycles. The highest BCUT2D eigenvalue weighted by Crippen LogP contribution is 2.11. The van der Waals surface area contributed by atoms with Gasteiger partial charge in [-0.15, -0.1) is 0 Å². The van der Waals surface area contributed by atoms with Crippen molar-refractivity contribution >= 4 is 6.29 Å². The molecule has 1 heteroatoms. The van der Waals surface area contributed by atoms with E-state index in [9.17, 15) is 4.79 Å². The minimum absolute atomic E-state index is 0.719. The lowest BCUT2D eigenvalue weighted by molar-refractivity contribution is -0.105. The summed E-state index contributed by atoms with van der Waals surface area (Å²) in [5.74, 6) is 0.719. The van der Waals surface area contributed by atoms with Crippen molar-refractivity contribution < 1.29 is 4.79 Å². The third-order valence-corrected chi connectivity index (χ3v) is 1.82. The van der Waals surface area contributed by atoms with Crippen LogP contribution in [0.5, 0.6) is 0 Å². The van der Waals surface area contributed by atoms with Gasteiger partial charge in [-0.25, -0.2) is 0 Å². The second kappa shape index (κ2) is 5.21. The number of allylic oxidation sites excluding steroid dienone is 1. The van der Waals surface area contributed by atoms with Crippen LogP contribution in [0.3, 0.4) is 0 Å². The molecule has 0 rings (SSSR count). The van der Waals surface area contributed by atoms with Crippen LogP contribution in [-0.2, 0) is 4.79 Å². The number of rotatable bonds is 5. The number of aldehydes is 1. The van der Waals surface area contributed by atoms with Crippen molar-refractivity contribution in [1.29, 1.82) is 0 Å². The largest absolute Gasteiger partial charge is 0.298 e. The lowest BCUT2D eigenvalue weighted by Gasteiger charge is -2.05. The summed E-state index contributed by atoms with van der Waals surface area (Å²) in [6.45, 7) is 7.96. The molecule has 58 valence electrons. The number of carbonyl (C=O) groups is 1. The lowest BCUT2D eigenvalue weighted by Crippen LogP contribution is -1.93. The van der Waals surface area contributed by atoms with Crippen LogP contribution in [-0.4, -0.2) is 6.29 Å². The summed E-state index contributed by atoms with van der Waals surface area (Å²) in [5.41, 5.74) is 0.723. The van der Waals surface area contributed by atoms with E-state index in [0.29, 0.717) is 0 Å². The van der Waals surface area contributed by atoms with Crippen LogP contribution in [0.2, 0.25) is 0 Å². The Labute approximate surface area is 63.1 Å². The van der Waals surface area contributed by atoms with E-state index in [-0.39, 0.29) is 0 Å². The van der Waals surface area contributed by atoms with E-state index < -0.39 is 0 Å². The highest BCUT2D eigenvalue weighted by atomic mass is 16.1. The average molecular weight is 140 g/mol. The van der Waals surface area contributed by atoms with Crippen molar-refractivity contribution in [1.82, 2.24) is 0 Å². The fourth-order valence-corrected chi connectivity index (χ4v) is 0.695. The summed E-state index contributed by atoms with van der Waals surface area (Å²) >= 11 is 0. The van der Waals surface area contributed by atoms with Gasteiger partial charge >= 0.3 is 0 Å². The zero-order valence-electron chi connectivity index (χ0n) is 6.89. The predicted octanol–water partition coefficient (Wildman–Crippen LogP) is 2.57. The van der Waals surface area contributed by atoms with Gasteiger partial charge in [0.1, 0.15) is 6.29 Å². The molecule has 0 saturated carbocycles. The summed E-state index contributed by atoms with van der Waals surface area (Å²) in [5, 5.41) is 0. The second-order valence-corrected chi connectivity index (χ2v) is 2.83. The Morgan fingerprint density at radius 1 is 1.70 bits per heavy atom. The predicted molar refractivity (Wildman–Crippen MR) is 43.9 cm³/mol. The topological polar surface area (TPSA) is 17.1 Å². The molecule has 0 saturated heterocycles. The smallest absolute Gasteiger partial charge is 0.145 e. The Balaban J connectivity index is 3.34. The highest BCUT2D eigenvalue weighted by Gasteiger charge is 1.98. The summed E-state index contributed by atoms with van der Waals surface area (Å²) in [6.07, 6.45) is 3.99. The first-order valence-electron chi connectivity index (χ1n) is 3.83. The third-order valence-electron chi connectivity index (χ3n) is 1.82. The van der Waals surface area contributed by atoms with Crippen LogP contribution in [0.4, 0.5) is 0 Å². The maximum atomic E-state index is 10.1.